The van der Waals surface area contributed by atoms with Crippen molar-refractivity contribution in [3.8, 4) is 0 Å². The molecule has 0 bridgehead atoms. The van der Waals surface area contributed by atoms with E-state index in [1.165, 1.54) is 57.8 Å². The van der Waals surface area contributed by atoms with Gasteiger partial charge in [0.05, 0.1) is 0 Å². The number of nitrogens with one attached hydrogen (secondary N) is 2. The second-order valence-corrected chi connectivity index (χ2v) is 8.13. The second-order valence-electron chi connectivity index (χ2n) is 7.21. The highest BCUT2D eigenvalue weighted by molar-refractivity contribution is 9.10. The Hall–Kier alpha value is -2.10. The molecule has 0 fully saturated rings. The zero-order chi connectivity index (χ0) is 17.5. The highest BCUT2D eigenvalue weighted by atomic mass is 79.9. The van der Waals surface area contributed by atoms with E-state index in [2.05, 4.69) is 86.9 Å². The standard InChI is InChI=1S/C23H21BrN2/c24-18-10-11-21-20(13-18)19-6-3-7-22(23(19)26-21)25-14-15-8-9-16-4-1-2-5-17(16)12-15/h1-2,4-5,8-13,22,25-26H,3,6-7,14H2/t22-/m1/s1. The Labute approximate surface area is 161 Å². The van der Waals surface area contributed by atoms with Crippen molar-refractivity contribution in [2.45, 2.75) is 31.8 Å². The third-order valence-electron chi connectivity index (χ3n) is 5.54. The van der Waals surface area contributed by atoms with Crippen molar-refractivity contribution in [1.29, 1.82) is 0 Å². The highest BCUT2D eigenvalue weighted by Crippen LogP contribution is 2.36. The van der Waals surface area contributed by atoms with Crippen molar-refractivity contribution in [2.24, 2.45) is 0 Å². The van der Waals surface area contributed by atoms with Crippen molar-refractivity contribution in [3.05, 3.63) is 82.0 Å². The largest absolute Gasteiger partial charge is 0.357 e. The van der Waals surface area contributed by atoms with Crippen LogP contribution in [0.3, 0.4) is 0 Å². The molecule has 1 aromatic heterocycles. The van der Waals surface area contributed by atoms with Crippen LogP contribution in [0.2, 0.25) is 0 Å². The summed E-state index contributed by atoms with van der Waals surface area (Å²) in [5.74, 6) is 0. The fourth-order valence-electron chi connectivity index (χ4n) is 4.23. The molecule has 0 spiro atoms. The highest BCUT2D eigenvalue weighted by Gasteiger charge is 2.23. The second kappa shape index (κ2) is 6.57. The predicted octanol–water partition coefficient (Wildman–Crippen LogP) is 6.25. The van der Waals surface area contributed by atoms with Gasteiger partial charge in [-0.2, -0.15) is 0 Å². The molecule has 2 N–H and O–H groups in total. The molecular weight excluding hydrogens is 384 g/mol. The first-order valence-corrected chi connectivity index (χ1v) is 10.1. The summed E-state index contributed by atoms with van der Waals surface area (Å²) in [7, 11) is 0. The SMILES string of the molecule is Brc1ccc2[nH]c3c(c2c1)CCC[C@H]3NCc1ccc2ccccc2c1. The van der Waals surface area contributed by atoms with Crippen LogP contribution in [0.5, 0.6) is 0 Å². The van der Waals surface area contributed by atoms with Crippen LogP contribution in [0.4, 0.5) is 0 Å². The zero-order valence-electron chi connectivity index (χ0n) is 14.6. The van der Waals surface area contributed by atoms with Gasteiger partial charge in [0.2, 0.25) is 0 Å². The molecular formula is C23H21BrN2. The number of aromatic nitrogens is 1. The molecule has 1 heterocycles. The maximum atomic E-state index is 3.79. The number of halogens is 1. The summed E-state index contributed by atoms with van der Waals surface area (Å²) >= 11 is 3.61. The average Bonchev–Trinajstić information content (AvgIpc) is 3.05. The lowest BCUT2D eigenvalue weighted by atomic mass is 9.91. The molecule has 130 valence electrons. The number of H-pyrrole nitrogens is 1. The summed E-state index contributed by atoms with van der Waals surface area (Å²) in [5, 5.41) is 7.77. The molecule has 5 rings (SSSR count). The zero-order valence-corrected chi connectivity index (χ0v) is 16.1. The Bertz CT molecular complexity index is 1100. The van der Waals surface area contributed by atoms with E-state index in [4.69, 9.17) is 0 Å². The van der Waals surface area contributed by atoms with Gasteiger partial charge in [-0.1, -0.05) is 52.3 Å². The van der Waals surface area contributed by atoms with Crippen LogP contribution in [0, 0.1) is 0 Å². The van der Waals surface area contributed by atoms with Gasteiger partial charge >= 0.3 is 0 Å². The quantitative estimate of drug-likeness (QED) is 0.414. The van der Waals surface area contributed by atoms with Crippen LogP contribution in [-0.4, -0.2) is 4.98 Å². The van der Waals surface area contributed by atoms with Crippen LogP contribution in [-0.2, 0) is 13.0 Å². The van der Waals surface area contributed by atoms with E-state index in [-0.39, 0.29) is 0 Å². The van der Waals surface area contributed by atoms with Crippen molar-refractivity contribution in [3.63, 3.8) is 0 Å². The van der Waals surface area contributed by atoms with Crippen molar-refractivity contribution < 1.29 is 0 Å². The molecule has 3 heteroatoms. The lowest BCUT2D eigenvalue weighted by molar-refractivity contribution is 0.452. The summed E-state index contributed by atoms with van der Waals surface area (Å²) in [6, 6.07) is 22.3. The van der Waals surface area contributed by atoms with E-state index in [0.29, 0.717) is 6.04 Å². The van der Waals surface area contributed by atoms with E-state index < -0.39 is 0 Å². The summed E-state index contributed by atoms with van der Waals surface area (Å²) in [4.78, 5) is 3.68. The molecule has 1 aliphatic rings. The number of hydrogen-bond donors (Lipinski definition) is 2. The average molecular weight is 405 g/mol. The van der Waals surface area contributed by atoms with Gasteiger partial charge in [0.1, 0.15) is 0 Å². The molecule has 4 aromatic rings. The molecule has 0 amide bonds. The van der Waals surface area contributed by atoms with Crippen LogP contribution >= 0.6 is 15.9 Å². The van der Waals surface area contributed by atoms with Gasteiger partial charge in [-0.3, -0.25) is 0 Å². The van der Waals surface area contributed by atoms with E-state index in [1.807, 2.05) is 0 Å². The lowest BCUT2D eigenvalue weighted by Gasteiger charge is -2.24. The van der Waals surface area contributed by atoms with Gasteiger partial charge in [0.25, 0.3) is 0 Å². The number of aryl methyl sites for hydroxylation is 1. The van der Waals surface area contributed by atoms with Gasteiger partial charge in [0, 0.05) is 33.7 Å². The maximum absolute atomic E-state index is 3.79. The van der Waals surface area contributed by atoms with E-state index in [1.54, 1.807) is 0 Å². The molecule has 0 aliphatic heterocycles. The first-order valence-electron chi connectivity index (χ1n) is 9.29. The first-order chi connectivity index (χ1) is 12.8. The summed E-state index contributed by atoms with van der Waals surface area (Å²) in [5.41, 5.74) is 5.46. The normalized spacial score (nSPS) is 16.9. The van der Waals surface area contributed by atoms with Crippen molar-refractivity contribution in [2.75, 3.05) is 0 Å². The topological polar surface area (TPSA) is 27.8 Å². The van der Waals surface area contributed by atoms with Crippen LogP contribution in [0.25, 0.3) is 21.7 Å². The number of aromatic amines is 1. The van der Waals surface area contributed by atoms with E-state index in [9.17, 15) is 0 Å². The smallest absolute Gasteiger partial charge is 0.0478 e. The molecule has 0 saturated carbocycles. The summed E-state index contributed by atoms with van der Waals surface area (Å²) in [6.07, 6.45) is 3.59. The van der Waals surface area contributed by atoms with Crippen molar-refractivity contribution in [1.82, 2.24) is 10.3 Å². The van der Waals surface area contributed by atoms with Gasteiger partial charge in [-0.25, -0.2) is 0 Å². The summed E-state index contributed by atoms with van der Waals surface area (Å²) in [6.45, 7) is 0.897. The number of rotatable bonds is 3. The Kier molecular flexibility index (Phi) is 4.07. The minimum Gasteiger partial charge on any atom is -0.357 e. The van der Waals surface area contributed by atoms with E-state index in [0.717, 1.165) is 11.0 Å². The summed E-state index contributed by atoms with van der Waals surface area (Å²) < 4.78 is 1.15. The third-order valence-corrected chi connectivity index (χ3v) is 6.03. The Balaban J connectivity index is 1.42. The van der Waals surface area contributed by atoms with Crippen LogP contribution in [0.15, 0.2) is 65.1 Å². The van der Waals surface area contributed by atoms with Gasteiger partial charge in [-0.15, -0.1) is 0 Å². The van der Waals surface area contributed by atoms with Gasteiger partial charge < -0.3 is 10.3 Å². The third kappa shape index (κ3) is 2.85. The van der Waals surface area contributed by atoms with Crippen LogP contribution in [0.1, 0.15) is 35.7 Å². The Morgan fingerprint density at radius 1 is 1.00 bits per heavy atom. The van der Waals surface area contributed by atoms with E-state index >= 15 is 0 Å². The molecule has 0 saturated heterocycles. The number of hydrogen-bond acceptors (Lipinski definition) is 1. The fraction of sp³-hybridized carbons (Fsp3) is 0.217. The van der Waals surface area contributed by atoms with Crippen LogP contribution < -0.4 is 5.32 Å². The Morgan fingerprint density at radius 2 is 1.88 bits per heavy atom. The molecule has 1 atom stereocenters. The maximum Gasteiger partial charge on any atom is 0.0478 e. The monoisotopic (exact) mass is 404 g/mol. The van der Waals surface area contributed by atoms with Gasteiger partial charge in [0.15, 0.2) is 0 Å². The molecule has 26 heavy (non-hydrogen) atoms. The number of benzene rings is 3. The first kappa shape index (κ1) is 16.1. The molecule has 2 nitrogen and oxygen atoms in total. The van der Waals surface area contributed by atoms with Gasteiger partial charge in [-0.05, 0) is 65.4 Å². The minimum absolute atomic E-state index is 0.399. The molecule has 0 unspecified atom stereocenters. The lowest BCUT2D eigenvalue weighted by Crippen LogP contribution is -2.24. The number of fused-ring (bicyclic) bond motifs is 4. The molecule has 1 aliphatic carbocycles. The predicted molar refractivity (Wildman–Crippen MR) is 112 cm³/mol. The fourth-order valence-corrected chi connectivity index (χ4v) is 4.59. The Morgan fingerprint density at radius 3 is 2.81 bits per heavy atom. The molecule has 0 radical (unpaired) electrons. The molecule has 3 aromatic carbocycles. The minimum atomic E-state index is 0.399. The van der Waals surface area contributed by atoms with Crippen molar-refractivity contribution >= 4 is 37.6 Å².